The Morgan fingerprint density at radius 1 is 1.24 bits per heavy atom. The van der Waals surface area contributed by atoms with E-state index >= 15 is 0 Å². The highest BCUT2D eigenvalue weighted by atomic mass is 32.2. The van der Waals surface area contributed by atoms with Crippen LogP contribution in [0.25, 0.3) is 0 Å². The molecule has 1 aromatic rings. The van der Waals surface area contributed by atoms with Gasteiger partial charge in [0.05, 0.1) is 4.90 Å². The molecule has 1 saturated heterocycles. The van der Waals surface area contributed by atoms with Crippen molar-refractivity contribution in [3.8, 4) is 0 Å². The molecule has 1 aliphatic heterocycles. The SMILES string of the molecule is C=C1CCCN(S(=O)(=O)c2ccc(C)cc2)C1. The lowest BCUT2D eigenvalue weighted by Crippen LogP contribution is -2.36. The number of benzene rings is 1. The van der Waals surface area contributed by atoms with Gasteiger partial charge in [-0.2, -0.15) is 4.31 Å². The summed E-state index contributed by atoms with van der Waals surface area (Å²) in [6.07, 6.45) is 1.80. The fourth-order valence-electron chi connectivity index (χ4n) is 1.98. The normalized spacial score (nSPS) is 18.3. The molecule has 0 bridgehead atoms. The first kappa shape index (κ1) is 12.3. The van der Waals surface area contributed by atoms with Gasteiger partial charge in [-0.1, -0.05) is 29.8 Å². The van der Waals surface area contributed by atoms with E-state index in [0.29, 0.717) is 18.0 Å². The zero-order valence-electron chi connectivity index (χ0n) is 10.0. The van der Waals surface area contributed by atoms with Crippen LogP contribution in [-0.2, 0) is 10.0 Å². The molecule has 3 nitrogen and oxygen atoms in total. The quantitative estimate of drug-likeness (QED) is 0.757. The first-order chi connectivity index (χ1) is 8.00. The molecule has 0 aliphatic carbocycles. The molecular formula is C13H17NO2S. The summed E-state index contributed by atoms with van der Waals surface area (Å²) in [7, 11) is -3.34. The molecule has 1 heterocycles. The lowest BCUT2D eigenvalue weighted by molar-refractivity contribution is 0.395. The monoisotopic (exact) mass is 251 g/mol. The summed E-state index contributed by atoms with van der Waals surface area (Å²) in [4.78, 5) is 0.373. The van der Waals surface area contributed by atoms with Crippen molar-refractivity contribution >= 4 is 10.0 Å². The van der Waals surface area contributed by atoms with E-state index in [-0.39, 0.29) is 0 Å². The molecule has 2 rings (SSSR count). The summed E-state index contributed by atoms with van der Waals surface area (Å²) in [5.41, 5.74) is 2.05. The molecule has 0 radical (unpaired) electrons. The van der Waals surface area contributed by atoms with Crippen LogP contribution in [0.4, 0.5) is 0 Å². The van der Waals surface area contributed by atoms with Crippen molar-refractivity contribution in [2.24, 2.45) is 0 Å². The van der Waals surface area contributed by atoms with Gasteiger partial charge in [-0.15, -0.1) is 0 Å². The second-order valence-electron chi connectivity index (χ2n) is 4.51. The van der Waals surface area contributed by atoms with E-state index in [9.17, 15) is 8.42 Å². The van der Waals surface area contributed by atoms with Crippen LogP contribution in [0.2, 0.25) is 0 Å². The van der Waals surface area contributed by atoms with E-state index in [1.54, 1.807) is 12.1 Å². The summed E-state index contributed by atoms with van der Waals surface area (Å²) in [5.74, 6) is 0. The van der Waals surface area contributed by atoms with Crippen LogP contribution >= 0.6 is 0 Å². The molecule has 0 spiro atoms. The fraction of sp³-hybridized carbons (Fsp3) is 0.385. The first-order valence-corrected chi connectivity index (χ1v) is 7.17. The largest absolute Gasteiger partial charge is 0.243 e. The Balaban J connectivity index is 2.29. The number of hydrogen-bond acceptors (Lipinski definition) is 2. The van der Waals surface area contributed by atoms with Gasteiger partial charge in [-0.3, -0.25) is 0 Å². The van der Waals surface area contributed by atoms with Gasteiger partial charge in [-0.25, -0.2) is 8.42 Å². The van der Waals surface area contributed by atoms with Crippen LogP contribution in [0.3, 0.4) is 0 Å². The van der Waals surface area contributed by atoms with E-state index in [0.717, 1.165) is 24.0 Å². The highest BCUT2D eigenvalue weighted by molar-refractivity contribution is 7.89. The highest BCUT2D eigenvalue weighted by Gasteiger charge is 2.26. The summed E-state index contributed by atoms with van der Waals surface area (Å²) in [5, 5.41) is 0. The van der Waals surface area contributed by atoms with Crippen molar-refractivity contribution in [3.63, 3.8) is 0 Å². The number of hydrogen-bond donors (Lipinski definition) is 0. The summed E-state index contributed by atoms with van der Waals surface area (Å²) >= 11 is 0. The molecule has 1 aliphatic rings. The minimum atomic E-state index is -3.34. The average molecular weight is 251 g/mol. The molecule has 92 valence electrons. The van der Waals surface area contributed by atoms with Gasteiger partial charge in [0.15, 0.2) is 0 Å². The molecular weight excluding hydrogens is 234 g/mol. The summed E-state index contributed by atoms with van der Waals surface area (Å²) in [6.45, 7) is 6.87. The summed E-state index contributed by atoms with van der Waals surface area (Å²) < 4.78 is 26.2. The van der Waals surface area contributed by atoms with Crippen LogP contribution < -0.4 is 0 Å². The van der Waals surface area contributed by atoms with Crippen molar-refractivity contribution < 1.29 is 8.42 Å². The number of aryl methyl sites for hydroxylation is 1. The minimum Gasteiger partial charge on any atom is -0.207 e. The van der Waals surface area contributed by atoms with E-state index in [4.69, 9.17) is 0 Å². The van der Waals surface area contributed by atoms with E-state index < -0.39 is 10.0 Å². The number of piperidine rings is 1. The Kier molecular flexibility index (Phi) is 3.35. The Morgan fingerprint density at radius 3 is 2.47 bits per heavy atom. The second kappa shape index (κ2) is 4.63. The molecule has 4 heteroatoms. The van der Waals surface area contributed by atoms with E-state index in [1.165, 1.54) is 4.31 Å². The second-order valence-corrected chi connectivity index (χ2v) is 6.44. The fourth-order valence-corrected chi connectivity index (χ4v) is 3.48. The number of rotatable bonds is 2. The Bertz CT molecular complexity index is 517. The molecule has 0 N–H and O–H groups in total. The van der Waals surface area contributed by atoms with Gasteiger partial charge in [0, 0.05) is 13.1 Å². The van der Waals surface area contributed by atoms with Crippen LogP contribution in [0.1, 0.15) is 18.4 Å². The van der Waals surface area contributed by atoms with Crippen LogP contribution in [-0.4, -0.2) is 25.8 Å². The predicted octanol–water partition coefficient (Wildman–Crippen LogP) is 2.34. The molecule has 0 amide bonds. The van der Waals surface area contributed by atoms with Gasteiger partial charge in [0.25, 0.3) is 0 Å². The molecule has 0 saturated carbocycles. The lowest BCUT2D eigenvalue weighted by atomic mass is 10.1. The van der Waals surface area contributed by atoms with E-state index in [1.807, 2.05) is 19.1 Å². The zero-order valence-corrected chi connectivity index (χ0v) is 10.8. The molecule has 0 atom stereocenters. The van der Waals surface area contributed by atoms with Gasteiger partial charge in [-0.05, 0) is 31.9 Å². The standard InChI is InChI=1S/C13H17NO2S/c1-11-5-7-13(8-6-11)17(15,16)14-9-3-4-12(2)10-14/h5-8H,2-4,9-10H2,1H3. The zero-order chi connectivity index (χ0) is 12.5. The van der Waals surface area contributed by atoms with Gasteiger partial charge in [0.2, 0.25) is 10.0 Å². The summed E-state index contributed by atoms with van der Waals surface area (Å²) in [6, 6.07) is 6.99. The van der Waals surface area contributed by atoms with Crippen molar-refractivity contribution in [2.75, 3.05) is 13.1 Å². The first-order valence-electron chi connectivity index (χ1n) is 5.73. The maximum Gasteiger partial charge on any atom is 0.243 e. The van der Waals surface area contributed by atoms with Crippen LogP contribution in [0.15, 0.2) is 41.3 Å². The molecule has 1 fully saturated rings. The van der Waals surface area contributed by atoms with Crippen LogP contribution in [0.5, 0.6) is 0 Å². The molecule has 1 aromatic carbocycles. The third kappa shape index (κ3) is 2.58. The van der Waals surface area contributed by atoms with Crippen molar-refractivity contribution in [2.45, 2.75) is 24.7 Å². The predicted molar refractivity (Wildman–Crippen MR) is 68.3 cm³/mol. The van der Waals surface area contributed by atoms with Crippen LogP contribution in [0, 0.1) is 6.92 Å². The smallest absolute Gasteiger partial charge is 0.207 e. The highest BCUT2D eigenvalue weighted by Crippen LogP contribution is 2.22. The average Bonchev–Trinajstić information content (AvgIpc) is 2.29. The van der Waals surface area contributed by atoms with Gasteiger partial charge in [0.1, 0.15) is 0 Å². The number of nitrogens with zero attached hydrogens (tertiary/aromatic N) is 1. The maximum absolute atomic E-state index is 12.3. The van der Waals surface area contributed by atoms with Crippen molar-refractivity contribution in [1.82, 2.24) is 4.31 Å². The lowest BCUT2D eigenvalue weighted by Gasteiger charge is -2.27. The van der Waals surface area contributed by atoms with E-state index in [2.05, 4.69) is 6.58 Å². The minimum absolute atomic E-state index is 0.373. The Labute approximate surface area is 103 Å². The molecule has 0 unspecified atom stereocenters. The topological polar surface area (TPSA) is 37.4 Å². The van der Waals surface area contributed by atoms with Crippen molar-refractivity contribution in [1.29, 1.82) is 0 Å². The molecule has 17 heavy (non-hydrogen) atoms. The van der Waals surface area contributed by atoms with Gasteiger partial charge < -0.3 is 0 Å². The Hall–Kier alpha value is -1.13. The Morgan fingerprint density at radius 2 is 1.88 bits per heavy atom. The third-order valence-corrected chi connectivity index (χ3v) is 4.86. The third-order valence-electron chi connectivity index (χ3n) is 3.00. The van der Waals surface area contributed by atoms with Gasteiger partial charge >= 0.3 is 0 Å². The number of sulfonamides is 1. The molecule has 0 aromatic heterocycles. The maximum atomic E-state index is 12.3. The van der Waals surface area contributed by atoms with Crippen molar-refractivity contribution in [3.05, 3.63) is 42.0 Å².